The van der Waals surface area contributed by atoms with Crippen LogP contribution in [0.2, 0.25) is 5.02 Å². The van der Waals surface area contributed by atoms with E-state index in [9.17, 15) is 9.59 Å². The molecule has 1 heterocycles. The number of rotatable bonds is 4. The van der Waals surface area contributed by atoms with E-state index in [0.29, 0.717) is 23.2 Å². The zero-order chi connectivity index (χ0) is 20.9. The maximum Gasteiger partial charge on any atom is 0.321 e. The van der Waals surface area contributed by atoms with Crippen LogP contribution < -0.4 is 10.6 Å². The van der Waals surface area contributed by atoms with Crippen LogP contribution in [0.4, 0.5) is 10.5 Å². The van der Waals surface area contributed by atoms with Crippen molar-refractivity contribution in [2.75, 3.05) is 18.4 Å². The van der Waals surface area contributed by atoms with Crippen molar-refractivity contribution in [3.63, 3.8) is 0 Å². The van der Waals surface area contributed by atoms with Crippen LogP contribution in [0.1, 0.15) is 60.4 Å². The Morgan fingerprint density at radius 2 is 1.73 bits per heavy atom. The number of carbonyl (C=O) groups is 2. The smallest absolute Gasteiger partial charge is 0.321 e. The third-order valence-corrected chi connectivity index (χ3v) is 6.37. The van der Waals surface area contributed by atoms with Gasteiger partial charge in [0.25, 0.3) is 5.91 Å². The molecule has 1 atom stereocenters. The number of urea groups is 1. The second-order valence-electron chi connectivity index (χ2n) is 8.30. The van der Waals surface area contributed by atoms with Crippen molar-refractivity contribution in [3.8, 4) is 0 Å². The van der Waals surface area contributed by atoms with E-state index in [1.54, 1.807) is 24.3 Å². The van der Waals surface area contributed by atoms with E-state index >= 15 is 0 Å². The van der Waals surface area contributed by atoms with Crippen LogP contribution in [0.15, 0.2) is 48.5 Å². The van der Waals surface area contributed by atoms with Gasteiger partial charge in [-0.2, -0.15) is 0 Å². The number of benzene rings is 2. The van der Waals surface area contributed by atoms with E-state index in [-0.39, 0.29) is 17.9 Å². The summed E-state index contributed by atoms with van der Waals surface area (Å²) in [6.45, 7) is 1.38. The number of anilines is 1. The Morgan fingerprint density at radius 1 is 0.967 bits per heavy atom. The average molecular weight is 426 g/mol. The Balaban J connectivity index is 1.39. The van der Waals surface area contributed by atoms with Crippen LogP contribution in [0, 0.1) is 0 Å². The van der Waals surface area contributed by atoms with Crippen molar-refractivity contribution in [2.45, 2.75) is 50.5 Å². The predicted octanol–water partition coefficient (Wildman–Crippen LogP) is 5.42. The van der Waals surface area contributed by atoms with E-state index in [1.165, 1.54) is 12.8 Å². The first-order valence-electron chi connectivity index (χ1n) is 10.8. The summed E-state index contributed by atoms with van der Waals surface area (Å²) in [5, 5.41) is 6.75. The standard InChI is InChI=1S/C24H28ClN3O2/c25-20-10-12-22(13-11-20)27-24(30)28-14-4-7-19(16-28)17-5-3-6-18(15-17)23(29)26-21-8-1-2-9-21/h3,5-6,10-13,15,19,21H,1-2,4,7-9,14,16H2,(H,26,29)(H,27,30). The second kappa shape index (κ2) is 9.52. The zero-order valence-electron chi connectivity index (χ0n) is 17.1. The van der Waals surface area contributed by atoms with Crippen LogP contribution in [0.3, 0.4) is 0 Å². The molecule has 1 aliphatic carbocycles. The molecule has 1 aliphatic heterocycles. The van der Waals surface area contributed by atoms with Gasteiger partial charge in [-0.15, -0.1) is 0 Å². The fourth-order valence-corrected chi connectivity index (χ4v) is 4.57. The van der Waals surface area contributed by atoms with Crippen LogP contribution in [0.5, 0.6) is 0 Å². The number of piperidine rings is 1. The van der Waals surface area contributed by atoms with Gasteiger partial charge in [-0.3, -0.25) is 4.79 Å². The zero-order valence-corrected chi connectivity index (χ0v) is 17.8. The van der Waals surface area contributed by atoms with Crippen molar-refractivity contribution < 1.29 is 9.59 Å². The molecule has 1 saturated carbocycles. The first kappa shape index (κ1) is 20.7. The number of likely N-dealkylation sites (tertiary alicyclic amines) is 1. The lowest BCUT2D eigenvalue weighted by Gasteiger charge is -2.33. The minimum atomic E-state index is -0.0999. The maximum atomic E-state index is 12.7. The summed E-state index contributed by atoms with van der Waals surface area (Å²) in [6, 6.07) is 15.2. The second-order valence-corrected chi connectivity index (χ2v) is 8.74. The third-order valence-electron chi connectivity index (χ3n) is 6.11. The van der Waals surface area contributed by atoms with Gasteiger partial charge < -0.3 is 15.5 Å². The maximum absolute atomic E-state index is 12.7. The lowest BCUT2D eigenvalue weighted by molar-refractivity contribution is 0.0937. The average Bonchev–Trinajstić information content (AvgIpc) is 3.28. The van der Waals surface area contributed by atoms with E-state index in [4.69, 9.17) is 11.6 Å². The summed E-state index contributed by atoms with van der Waals surface area (Å²) >= 11 is 5.91. The first-order chi connectivity index (χ1) is 14.6. The minimum Gasteiger partial charge on any atom is -0.349 e. The summed E-state index contributed by atoms with van der Waals surface area (Å²) in [7, 11) is 0. The van der Waals surface area contributed by atoms with E-state index in [2.05, 4.69) is 16.7 Å². The van der Waals surface area contributed by atoms with Gasteiger partial charge >= 0.3 is 6.03 Å². The molecule has 2 aromatic rings. The highest BCUT2D eigenvalue weighted by molar-refractivity contribution is 6.30. The number of nitrogens with one attached hydrogen (secondary N) is 2. The van der Waals surface area contributed by atoms with E-state index in [0.717, 1.165) is 43.5 Å². The predicted molar refractivity (Wildman–Crippen MR) is 120 cm³/mol. The molecule has 5 nitrogen and oxygen atoms in total. The monoisotopic (exact) mass is 425 g/mol. The molecule has 2 aromatic carbocycles. The molecule has 6 heteroatoms. The molecular weight excluding hydrogens is 398 g/mol. The molecule has 30 heavy (non-hydrogen) atoms. The fraction of sp³-hybridized carbons (Fsp3) is 0.417. The Bertz CT molecular complexity index is 894. The Hall–Kier alpha value is -2.53. The lowest BCUT2D eigenvalue weighted by atomic mass is 9.89. The van der Waals surface area contributed by atoms with Gasteiger partial charge in [0.1, 0.15) is 0 Å². The number of nitrogens with zero attached hydrogens (tertiary/aromatic N) is 1. The highest BCUT2D eigenvalue weighted by Gasteiger charge is 2.26. The number of halogens is 1. The molecule has 158 valence electrons. The molecule has 3 amide bonds. The van der Waals surface area contributed by atoms with Crippen molar-refractivity contribution in [1.82, 2.24) is 10.2 Å². The summed E-state index contributed by atoms with van der Waals surface area (Å²) < 4.78 is 0. The minimum absolute atomic E-state index is 0.0110. The van der Waals surface area contributed by atoms with Gasteiger partial charge in [0.15, 0.2) is 0 Å². The highest BCUT2D eigenvalue weighted by atomic mass is 35.5. The van der Waals surface area contributed by atoms with E-state index in [1.807, 2.05) is 23.1 Å². The number of carbonyl (C=O) groups excluding carboxylic acids is 2. The summed E-state index contributed by atoms with van der Waals surface area (Å²) in [5.41, 5.74) is 2.57. The number of hydrogen-bond donors (Lipinski definition) is 2. The molecule has 0 radical (unpaired) electrons. The van der Waals surface area contributed by atoms with Gasteiger partial charge in [-0.1, -0.05) is 36.6 Å². The molecule has 1 saturated heterocycles. The van der Waals surface area contributed by atoms with Crippen LogP contribution in [0.25, 0.3) is 0 Å². The van der Waals surface area contributed by atoms with Crippen molar-refractivity contribution in [2.24, 2.45) is 0 Å². The highest BCUT2D eigenvalue weighted by Crippen LogP contribution is 2.28. The molecule has 2 fully saturated rings. The largest absolute Gasteiger partial charge is 0.349 e. The van der Waals surface area contributed by atoms with E-state index < -0.39 is 0 Å². The molecular formula is C24H28ClN3O2. The molecule has 0 aromatic heterocycles. The Labute approximate surface area is 182 Å². The van der Waals surface area contributed by atoms with Crippen molar-refractivity contribution >= 4 is 29.2 Å². The Morgan fingerprint density at radius 3 is 2.50 bits per heavy atom. The molecule has 4 rings (SSSR count). The van der Waals surface area contributed by atoms with Gasteiger partial charge in [0.2, 0.25) is 0 Å². The third kappa shape index (κ3) is 5.14. The quantitative estimate of drug-likeness (QED) is 0.686. The van der Waals surface area contributed by atoms with Crippen LogP contribution in [-0.4, -0.2) is 36.0 Å². The van der Waals surface area contributed by atoms with Crippen molar-refractivity contribution in [1.29, 1.82) is 0 Å². The molecule has 0 spiro atoms. The molecule has 0 bridgehead atoms. The normalized spacial score (nSPS) is 19.5. The SMILES string of the molecule is O=C(NC1CCCC1)c1cccc(C2CCCN(C(=O)Nc3ccc(Cl)cc3)C2)c1. The number of amides is 3. The summed E-state index contributed by atoms with van der Waals surface area (Å²) in [5.74, 6) is 0.242. The van der Waals surface area contributed by atoms with Gasteiger partial charge in [0.05, 0.1) is 0 Å². The Kier molecular flexibility index (Phi) is 6.58. The topological polar surface area (TPSA) is 61.4 Å². The molecule has 1 unspecified atom stereocenters. The van der Waals surface area contributed by atoms with Crippen LogP contribution in [-0.2, 0) is 0 Å². The summed E-state index contributed by atoms with van der Waals surface area (Å²) in [6.07, 6.45) is 6.50. The fourth-order valence-electron chi connectivity index (χ4n) is 4.44. The van der Waals surface area contributed by atoms with Gasteiger partial charge in [0, 0.05) is 41.3 Å². The number of hydrogen-bond acceptors (Lipinski definition) is 2. The van der Waals surface area contributed by atoms with Gasteiger partial charge in [-0.25, -0.2) is 4.79 Å². The first-order valence-corrected chi connectivity index (χ1v) is 11.2. The lowest BCUT2D eigenvalue weighted by Crippen LogP contribution is -2.41. The van der Waals surface area contributed by atoms with Gasteiger partial charge in [-0.05, 0) is 67.6 Å². The van der Waals surface area contributed by atoms with Crippen molar-refractivity contribution in [3.05, 3.63) is 64.7 Å². The van der Waals surface area contributed by atoms with Crippen LogP contribution >= 0.6 is 11.6 Å². The summed E-state index contributed by atoms with van der Waals surface area (Å²) in [4.78, 5) is 27.2. The molecule has 2 aliphatic rings. The molecule has 2 N–H and O–H groups in total.